The molecule has 1 aliphatic heterocycles. The predicted octanol–water partition coefficient (Wildman–Crippen LogP) is 1.49. The van der Waals surface area contributed by atoms with Gasteiger partial charge in [0.05, 0.1) is 12.0 Å². The van der Waals surface area contributed by atoms with E-state index in [0.717, 1.165) is 12.0 Å². The molecule has 0 unspecified atom stereocenters. The summed E-state index contributed by atoms with van der Waals surface area (Å²) in [5, 5.41) is 20.4. The van der Waals surface area contributed by atoms with Crippen LogP contribution in [0.1, 0.15) is 26.2 Å². The number of aliphatic hydroxyl groups excluding tert-OH is 2. The molecular weight excluding hydrogens is 244 g/mol. The highest BCUT2D eigenvalue weighted by atomic mass is 16.6. The van der Waals surface area contributed by atoms with Gasteiger partial charge in [-0.1, -0.05) is 24.8 Å². The number of hydrogen-bond donors (Lipinski definition) is 2. The monoisotopic (exact) mass is 264 g/mol. The van der Waals surface area contributed by atoms with Gasteiger partial charge in [0.2, 0.25) is 0 Å². The molecule has 0 radical (unpaired) electrons. The highest BCUT2D eigenvalue weighted by molar-refractivity contribution is 5.91. The second-order valence-electron chi connectivity index (χ2n) is 5.38. The third-order valence-corrected chi connectivity index (χ3v) is 3.91. The molecule has 0 aromatic heterocycles. The van der Waals surface area contributed by atoms with Crippen LogP contribution in [-0.2, 0) is 9.53 Å². The fraction of sp³-hybridized carbons (Fsp3) is 0.533. The molecule has 19 heavy (non-hydrogen) atoms. The Bertz CT molecular complexity index is 449. The lowest BCUT2D eigenvalue weighted by molar-refractivity contribution is -0.139. The van der Waals surface area contributed by atoms with Gasteiger partial charge >= 0.3 is 5.97 Å². The summed E-state index contributed by atoms with van der Waals surface area (Å²) >= 11 is 0. The molecule has 4 heteroatoms. The van der Waals surface area contributed by atoms with Crippen molar-refractivity contribution in [3.63, 3.8) is 0 Å². The molecule has 1 aliphatic carbocycles. The summed E-state index contributed by atoms with van der Waals surface area (Å²) in [6.45, 7) is 9.47. The van der Waals surface area contributed by atoms with Gasteiger partial charge in [-0.3, -0.25) is 0 Å². The van der Waals surface area contributed by atoms with Crippen LogP contribution in [0.5, 0.6) is 0 Å². The zero-order valence-electron chi connectivity index (χ0n) is 11.1. The van der Waals surface area contributed by atoms with Gasteiger partial charge in [-0.05, 0) is 25.3 Å². The van der Waals surface area contributed by atoms with E-state index in [1.54, 1.807) is 0 Å². The standard InChI is InChI=1S/C15H20O4/c1-8-5-4-6-9(2)13(16)14(17)12-10(3)15(18)19-11(12)7-8/h5,11-14,16-17H,2-4,6-7H2,1H3/b8-5+/t11-,12+,13+,14+/m1/s1. The molecule has 0 spiro atoms. The van der Waals surface area contributed by atoms with Crippen molar-refractivity contribution in [2.24, 2.45) is 5.92 Å². The maximum absolute atomic E-state index is 11.6. The van der Waals surface area contributed by atoms with Crippen molar-refractivity contribution < 1.29 is 19.7 Å². The lowest BCUT2D eigenvalue weighted by Gasteiger charge is -2.29. The molecule has 1 saturated heterocycles. The van der Waals surface area contributed by atoms with Crippen molar-refractivity contribution in [2.75, 3.05) is 0 Å². The third kappa shape index (κ3) is 2.65. The SMILES string of the molecule is C=C1C(=O)O[C@@H]2C/C(C)=C/CCC(=C)[C@H](O)[C@@H](O)[C@@H]12. The van der Waals surface area contributed by atoms with E-state index in [1.165, 1.54) is 0 Å². The molecule has 4 atom stereocenters. The second-order valence-corrected chi connectivity index (χ2v) is 5.38. The van der Waals surface area contributed by atoms with Crippen LogP contribution in [0.15, 0.2) is 36.0 Å². The number of aliphatic hydroxyl groups is 2. The molecular formula is C15H20O4. The van der Waals surface area contributed by atoms with Gasteiger partial charge in [0.15, 0.2) is 0 Å². The van der Waals surface area contributed by atoms with E-state index in [2.05, 4.69) is 19.2 Å². The van der Waals surface area contributed by atoms with Gasteiger partial charge in [0.1, 0.15) is 12.2 Å². The average molecular weight is 264 g/mol. The van der Waals surface area contributed by atoms with Crippen molar-refractivity contribution in [2.45, 2.75) is 44.5 Å². The maximum atomic E-state index is 11.6. The summed E-state index contributed by atoms with van der Waals surface area (Å²) in [5.41, 5.74) is 1.91. The van der Waals surface area contributed by atoms with Crippen molar-refractivity contribution in [1.82, 2.24) is 0 Å². The van der Waals surface area contributed by atoms with Gasteiger partial charge < -0.3 is 14.9 Å². The summed E-state index contributed by atoms with van der Waals surface area (Å²) < 4.78 is 5.25. The first-order valence-corrected chi connectivity index (χ1v) is 6.51. The van der Waals surface area contributed by atoms with E-state index in [9.17, 15) is 15.0 Å². The van der Waals surface area contributed by atoms with E-state index >= 15 is 0 Å². The number of carbonyl (C=O) groups excluding carboxylic acids is 1. The van der Waals surface area contributed by atoms with E-state index in [1.807, 2.05) is 6.92 Å². The van der Waals surface area contributed by atoms with Crippen LogP contribution in [-0.4, -0.2) is 34.5 Å². The minimum absolute atomic E-state index is 0.234. The number of ether oxygens (including phenoxy) is 1. The first-order chi connectivity index (χ1) is 8.91. The van der Waals surface area contributed by atoms with Crippen LogP contribution >= 0.6 is 0 Å². The first-order valence-electron chi connectivity index (χ1n) is 6.51. The van der Waals surface area contributed by atoms with Crippen LogP contribution in [0.3, 0.4) is 0 Å². The molecule has 2 N–H and O–H groups in total. The number of esters is 1. The molecule has 0 aromatic carbocycles. The second kappa shape index (κ2) is 5.31. The van der Waals surface area contributed by atoms with Gasteiger partial charge in [-0.2, -0.15) is 0 Å². The lowest BCUT2D eigenvalue weighted by Crippen LogP contribution is -2.39. The van der Waals surface area contributed by atoms with E-state index in [-0.39, 0.29) is 5.57 Å². The average Bonchev–Trinajstić information content (AvgIpc) is 2.62. The Morgan fingerprint density at radius 3 is 2.74 bits per heavy atom. The Kier molecular flexibility index (Phi) is 3.92. The maximum Gasteiger partial charge on any atom is 0.334 e. The number of fused-ring (bicyclic) bond motifs is 1. The van der Waals surface area contributed by atoms with E-state index in [4.69, 9.17) is 4.74 Å². The van der Waals surface area contributed by atoms with Crippen LogP contribution in [0.25, 0.3) is 0 Å². The molecule has 0 saturated carbocycles. The van der Waals surface area contributed by atoms with Gasteiger partial charge in [0.25, 0.3) is 0 Å². The van der Waals surface area contributed by atoms with Crippen LogP contribution in [0.2, 0.25) is 0 Å². The van der Waals surface area contributed by atoms with Crippen LogP contribution < -0.4 is 0 Å². The van der Waals surface area contributed by atoms with Crippen molar-refractivity contribution in [3.05, 3.63) is 36.0 Å². The molecule has 0 amide bonds. The van der Waals surface area contributed by atoms with Crippen molar-refractivity contribution >= 4 is 5.97 Å². The Morgan fingerprint density at radius 2 is 2.05 bits per heavy atom. The zero-order chi connectivity index (χ0) is 14.2. The number of rotatable bonds is 0. The third-order valence-electron chi connectivity index (χ3n) is 3.91. The van der Waals surface area contributed by atoms with E-state index in [0.29, 0.717) is 18.4 Å². The Morgan fingerprint density at radius 1 is 1.37 bits per heavy atom. The summed E-state index contributed by atoms with van der Waals surface area (Å²) in [7, 11) is 0. The molecule has 0 bridgehead atoms. The van der Waals surface area contributed by atoms with E-state index < -0.39 is 30.2 Å². The minimum atomic E-state index is -1.10. The molecule has 0 aromatic rings. The predicted molar refractivity (Wildman–Crippen MR) is 71.3 cm³/mol. The number of carbonyl (C=O) groups is 1. The smallest absolute Gasteiger partial charge is 0.334 e. The molecule has 2 rings (SSSR count). The molecule has 104 valence electrons. The summed E-state index contributed by atoms with van der Waals surface area (Å²) in [4.78, 5) is 11.6. The first kappa shape index (κ1) is 14.0. The Labute approximate surface area is 113 Å². The topological polar surface area (TPSA) is 66.8 Å². The van der Waals surface area contributed by atoms with Gasteiger partial charge in [-0.15, -0.1) is 0 Å². The fourth-order valence-electron chi connectivity index (χ4n) is 2.73. The van der Waals surface area contributed by atoms with Crippen molar-refractivity contribution in [3.8, 4) is 0 Å². The van der Waals surface area contributed by atoms with Gasteiger partial charge in [0, 0.05) is 12.0 Å². The molecule has 1 heterocycles. The summed E-state index contributed by atoms with van der Waals surface area (Å²) in [6.07, 6.45) is 1.40. The Balaban J connectivity index is 2.34. The molecule has 2 aliphatic rings. The normalized spacial score (nSPS) is 39.3. The highest BCUT2D eigenvalue weighted by Gasteiger charge is 2.45. The lowest BCUT2D eigenvalue weighted by atomic mass is 9.82. The summed E-state index contributed by atoms with van der Waals surface area (Å²) in [5.74, 6) is -1.06. The van der Waals surface area contributed by atoms with Crippen LogP contribution in [0, 0.1) is 5.92 Å². The quantitative estimate of drug-likeness (QED) is 0.395. The largest absolute Gasteiger partial charge is 0.458 e. The van der Waals surface area contributed by atoms with Crippen molar-refractivity contribution in [1.29, 1.82) is 0 Å². The minimum Gasteiger partial charge on any atom is -0.458 e. The molecule has 4 nitrogen and oxygen atoms in total. The number of allylic oxidation sites excluding steroid dienone is 1. The highest BCUT2D eigenvalue weighted by Crippen LogP contribution is 2.36. The number of hydrogen-bond acceptors (Lipinski definition) is 4. The fourth-order valence-corrected chi connectivity index (χ4v) is 2.73. The summed E-state index contributed by atoms with van der Waals surface area (Å²) in [6, 6.07) is 0. The van der Waals surface area contributed by atoms with Gasteiger partial charge in [-0.25, -0.2) is 4.79 Å². The molecule has 1 fully saturated rings. The Hall–Kier alpha value is -1.39. The van der Waals surface area contributed by atoms with Crippen LogP contribution in [0.4, 0.5) is 0 Å². The zero-order valence-corrected chi connectivity index (χ0v) is 11.1.